The normalized spacial score (nSPS) is 17.2. The molecule has 0 spiro atoms. The van der Waals surface area contributed by atoms with Crippen LogP contribution in [-0.4, -0.2) is 15.1 Å². The van der Waals surface area contributed by atoms with Crippen LogP contribution in [0.1, 0.15) is 48.1 Å². The van der Waals surface area contributed by atoms with Gasteiger partial charge < -0.3 is 5.11 Å². The van der Waals surface area contributed by atoms with Gasteiger partial charge in [-0.25, -0.2) is 0 Å². The molecule has 1 heterocycles. The van der Waals surface area contributed by atoms with Crippen LogP contribution in [0.3, 0.4) is 0 Å². The van der Waals surface area contributed by atoms with Crippen molar-refractivity contribution in [3.8, 4) is 0 Å². The second kappa shape index (κ2) is 4.86. The van der Waals surface area contributed by atoms with Crippen LogP contribution >= 0.6 is 0 Å². The maximum absolute atomic E-state index is 10.2. The summed E-state index contributed by atoms with van der Waals surface area (Å²) >= 11 is 0. The summed E-state index contributed by atoms with van der Waals surface area (Å²) in [5, 5.41) is 10.2. The smallest absolute Gasteiger partial charge is 0.123 e. The molecule has 0 amide bonds. The van der Waals surface area contributed by atoms with Crippen LogP contribution in [0, 0.1) is 0 Å². The Balaban J connectivity index is 1.80. The van der Waals surface area contributed by atoms with Crippen molar-refractivity contribution < 1.29 is 5.11 Å². The summed E-state index contributed by atoms with van der Waals surface area (Å²) in [6.45, 7) is 0. The van der Waals surface area contributed by atoms with Crippen LogP contribution in [0.15, 0.2) is 42.9 Å². The predicted octanol–water partition coefficient (Wildman–Crippen LogP) is 2.83. The lowest BCUT2D eigenvalue weighted by Gasteiger charge is -2.26. The van der Waals surface area contributed by atoms with E-state index in [9.17, 15) is 5.11 Å². The number of benzene rings is 1. The molecule has 3 heteroatoms. The van der Waals surface area contributed by atoms with Gasteiger partial charge in [-0.15, -0.1) is 0 Å². The maximum Gasteiger partial charge on any atom is 0.123 e. The van der Waals surface area contributed by atoms with Crippen molar-refractivity contribution >= 4 is 0 Å². The molecule has 0 aliphatic heterocycles. The first-order chi connectivity index (χ1) is 8.84. The molecule has 3 nitrogen and oxygen atoms in total. The van der Waals surface area contributed by atoms with Crippen molar-refractivity contribution in [3.05, 3.63) is 59.7 Å². The Labute approximate surface area is 107 Å². The molecule has 0 bridgehead atoms. The monoisotopic (exact) mass is 240 g/mol. The molecule has 1 aliphatic rings. The van der Waals surface area contributed by atoms with E-state index in [2.05, 4.69) is 22.1 Å². The van der Waals surface area contributed by atoms with Crippen LogP contribution in [0.25, 0.3) is 0 Å². The predicted molar refractivity (Wildman–Crippen MR) is 69.1 cm³/mol. The van der Waals surface area contributed by atoms with E-state index in [1.807, 2.05) is 12.1 Å². The van der Waals surface area contributed by atoms with Crippen LogP contribution in [-0.2, 0) is 0 Å². The molecule has 1 fully saturated rings. The second-order valence-corrected chi connectivity index (χ2v) is 4.83. The van der Waals surface area contributed by atoms with E-state index in [4.69, 9.17) is 0 Å². The molecule has 1 unspecified atom stereocenters. The van der Waals surface area contributed by atoms with Crippen molar-refractivity contribution in [2.24, 2.45) is 0 Å². The number of hydrogen-bond donors (Lipinski definition) is 1. The standard InChI is InChI=1S/C15H16N2O/c18-15(14-10-16-8-9-17-14)13-6-4-12(5-7-13)11-2-1-3-11/h4-11,15,18H,1-3H2. The van der Waals surface area contributed by atoms with E-state index in [0.717, 1.165) is 11.5 Å². The molecule has 1 aromatic heterocycles. The largest absolute Gasteiger partial charge is 0.382 e. The molecule has 2 aromatic rings. The lowest BCUT2D eigenvalue weighted by atomic mass is 9.80. The highest BCUT2D eigenvalue weighted by atomic mass is 16.3. The molecular weight excluding hydrogens is 224 g/mol. The summed E-state index contributed by atoms with van der Waals surface area (Å²) in [5.74, 6) is 0.729. The highest BCUT2D eigenvalue weighted by molar-refractivity contribution is 5.30. The number of aromatic nitrogens is 2. The summed E-state index contributed by atoms with van der Waals surface area (Å²) in [6.07, 6.45) is 8.06. The Morgan fingerprint density at radius 1 is 1.11 bits per heavy atom. The van der Waals surface area contributed by atoms with Crippen molar-refractivity contribution in [2.45, 2.75) is 31.3 Å². The van der Waals surface area contributed by atoms with E-state index in [1.54, 1.807) is 18.6 Å². The third kappa shape index (κ3) is 2.14. The summed E-state index contributed by atoms with van der Waals surface area (Å²) in [7, 11) is 0. The van der Waals surface area contributed by atoms with Gasteiger partial charge in [0, 0.05) is 12.4 Å². The molecule has 1 aliphatic carbocycles. The number of rotatable bonds is 3. The van der Waals surface area contributed by atoms with E-state index < -0.39 is 6.10 Å². The molecule has 3 rings (SSSR count). The quantitative estimate of drug-likeness (QED) is 0.897. The SMILES string of the molecule is OC(c1ccc(C2CCC2)cc1)c1cnccn1. The number of aliphatic hydroxyl groups is 1. The molecular formula is C15H16N2O. The van der Waals surface area contributed by atoms with E-state index in [-0.39, 0.29) is 0 Å². The Bertz CT molecular complexity index is 506. The van der Waals surface area contributed by atoms with Gasteiger partial charge in [-0.3, -0.25) is 9.97 Å². The highest BCUT2D eigenvalue weighted by Gasteiger charge is 2.19. The first-order valence-corrected chi connectivity index (χ1v) is 6.38. The van der Waals surface area contributed by atoms with Gasteiger partial charge in [0.25, 0.3) is 0 Å². The van der Waals surface area contributed by atoms with Crippen molar-refractivity contribution in [2.75, 3.05) is 0 Å². The van der Waals surface area contributed by atoms with E-state index >= 15 is 0 Å². The zero-order valence-electron chi connectivity index (χ0n) is 10.2. The van der Waals surface area contributed by atoms with Gasteiger partial charge in [-0.1, -0.05) is 30.7 Å². The highest BCUT2D eigenvalue weighted by Crippen LogP contribution is 2.36. The minimum absolute atomic E-state index is 0.592. The lowest BCUT2D eigenvalue weighted by molar-refractivity contribution is 0.214. The fourth-order valence-corrected chi connectivity index (χ4v) is 2.31. The summed E-state index contributed by atoms with van der Waals surface area (Å²) < 4.78 is 0. The average Bonchev–Trinajstić information content (AvgIpc) is 2.38. The summed E-state index contributed by atoms with van der Waals surface area (Å²) in [4.78, 5) is 8.10. The van der Waals surface area contributed by atoms with Crippen molar-refractivity contribution in [1.82, 2.24) is 9.97 Å². The van der Waals surface area contributed by atoms with Crippen molar-refractivity contribution in [1.29, 1.82) is 0 Å². The van der Waals surface area contributed by atoms with Gasteiger partial charge in [-0.05, 0) is 29.9 Å². The average molecular weight is 240 g/mol. The van der Waals surface area contributed by atoms with Crippen LogP contribution in [0.5, 0.6) is 0 Å². The van der Waals surface area contributed by atoms with Crippen LogP contribution < -0.4 is 0 Å². The lowest BCUT2D eigenvalue weighted by Crippen LogP contribution is -2.09. The Kier molecular flexibility index (Phi) is 3.07. The second-order valence-electron chi connectivity index (χ2n) is 4.83. The Hall–Kier alpha value is -1.74. The fourth-order valence-electron chi connectivity index (χ4n) is 2.31. The van der Waals surface area contributed by atoms with Gasteiger partial charge in [0.1, 0.15) is 6.10 Å². The van der Waals surface area contributed by atoms with Gasteiger partial charge in [0.15, 0.2) is 0 Å². The first kappa shape index (κ1) is 11.4. The molecule has 18 heavy (non-hydrogen) atoms. The molecule has 1 saturated carbocycles. The molecule has 1 N–H and O–H groups in total. The van der Waals surface area contributed by atoms with Crippen molar-refractivity contribution in [3.63, 3.8) is 0 Å². The number of hydrogen-bond acceptors (Lipinski definition) is 3. The summed E-state index contributed by atoms with van der Waals surface area (Å²) in [5.41, 5.74) is 2.85. The van der Waals surface area contributed by atoms with Gasteiger partial charge in [-0.2, -0.15) is 0 Å². The first-order valence-electron chi connectivity index (χ1n) is 6.38. The topological polar surface area (TPSA) is 46.0 Å². The molecule has 1 aromatic carbocycles. The zero-order chi connectivity index (χ0) is 12.4. The Morgan fingerprint density at radius 3 is 2.44 bits per heavy atom. The van der Waals surface area contributed by atoms with Crippen LogP contribution in [0.2, 0.25) is 0 Å². The third-order valence-corrected chi connectivity index (χ3v) is 3.69. The molecule has 0 saturated heterocycles. The van der Waals surface area contributed by atoms with E-state index in [0.29, 0.717) is 5.69 Å². The fraction of sp³-hybridized carbons (Fsp3) is 0.333. The third-order valence-electron chi connectivity index (χ3n) is 3.69. The summed E-state index contributed by atoms with van der Waals surface area (Å²) in [6, 6.07) is 8.23. The minimum atomic E-state index is -0.686. The maximum atomic E-state index is 10.2. The number of nitrogens with zero attached hydrogens (tertiary/aromatic N) is 2. The van der Waals surface area contributed by atoms with E-state index in [1.165, 1.54) is 24.8 Å². The molecule has 1 atom stereocenters. The van der Waals surface area contributed by atoms with Crippen LogP contribution in [0.4, 0.5) is 0 Å². The number of aliphatic hydroxyl groups excluding tert-OH is 1. The molecule has 92 valence electrons. The van der Waals surface area contributed by atoms with Gasteiger partial charge in [0.05, 0.1) is 11.9 Å². The molecule has 0 radical (unpaired) electrons. The van der Waals surface area contributed by atoms with Gasteiger partial charge >= 0.3 is 0 Å². The van der Waals surface area contributed by atoms with Gasteiger partial charge in [0.2, 0.25) is 0 Å². The minimum Gasteiger partial charge on any atom is -0.382 e. The Morgan fingerprint density at radius 2 is 1.89 bits per heavy atom. The zero-order valence-corrected chi connectivity index (χ0v) is 10.2.